The number of benzene rings is 1. The van der Waals surface area contributed by atoms with Crippen LogP contribution in [-0.4, -0.2) is 37.0 Å². The third-order valence-corrected chi connectivity index (χ3v) is 4.45. The molecule has 1 atom stereocenters. The lowest BCUT2D eigenvalue weighted by atomic mass is 9.86. The van der Waals surface area contributed by atoms with Crippen molar-refractivity contribution in [1.29, 1.82) is 0 Å². The lowest BCUT2D eigenvalue weighted by Crippen LogP contribution is -2.25. The molecule has 0 saturated heterocycles. The van der Waals surface area contributed by atoms with E-state index in [1.165, 1.54) is 0 Å². The molecule has 1 N–H and O–H groups in total. The molecule has 1 aliphatic heterocycles. The molecule has 7 heteroatoms. The number of aromatic nitrogens is 2. The van der Waals surface area contributed by atoms with Gasteiger partial charge in [0.25, 0.3) is 0 Å². The van der Waals surface area contributed by atoms with E-state index in [1.807, 2.05) is 30.8 Å². The van der Waals surface area contributed by atoms with Gasteiger partial charge in [0.15, 0.2) is 11.5 Å². The van der Waals surface area contributed by atoms with Gasteiger partial charge in [0, 0.05) is 35.6 Å². The summed E-state index contributed by atoms with van der Waals surface area (Å²) >= 11 is 0. The molecule has 3 rings (SSSR count). The maximum atomic E-state index is 12.3. The van der Waals surface area contributed by atoms with E-state index in [2.05, 4.69) is 10.4 Å². The van der Waals surface area contributed by atoms with Crippen molar-refractivity contribution in [3.05, 3.63) is 29.5 Å². The van der Waals surface area contributed by atoms with Crippen LogP contribution in [-0.2, 0) is 4.79 Å². The van der Waals surface area contributed by atoms with E-state index in [-0.39, 0.29) is 17.9 Å². The molecule has 0 fully saturated rings. The topological polar surface area (TPSA) is 74.6 Å². The number of methoxy groups -OCH3 is 3. The van der Waals surface area contributed by atoms with Gasteiger partial charge in [-0.15, -0.1) is 0 Å². The van der Waals surface area contributed by atoms with Crippen molar-refractivity contribution in [3.8, 4) is 17.2 Å². The van der Waals surface area contributed by atoms with Gasteiger partial charge in [-0.05, 0) is 19.9 Å². The number of anilines is 1. The normalized spacial score (nSPS) is 16.4. The maximum Gasteiger partial charge on any atom is 0.226 e. The molecule has 1 amide bonds. The number of carbonyl (C=O) groups excluding carboxylic acids is 1. The van der Waals surface area contributed by atoms with Gasteiger partial charge in [0.05, 0.1) is 27.5 Å². The highest BCUT2D eigenvalue weighted by molar-refractivity contribution is 5.94. The number of rotatable bonds is 5. The quantitative estimate of drug-likeness (QED) is 0.902. The number of nitrogens with zero attached hydrogens (tertiary/aromatic N) is 2. The Bertz CT molecular complexity index is 798. The van der Waals surface area contributed by atoms with E-state index in [0.29, 0.717) is 23.7 Å². The SMILES string of the molecule is COc1cc(OC)c([C@@H]2CC(=O)Nc3c2cnn3C(C)C)cc1OC. The standard InChI is InChI=1S/C18H23N3O4/c1-10(2)21-18-13(9-19-21)11(7-17(22)20-18)12-6-15(24-4)16(25-5)8-14(12)23-3/h6,8-11H,7H2,1-5H3,(H,20,22)/t11-/m0/s1. The van der Waals surface area contributed by atoms with Gasteiger partial charge in [-0.1, -0.05) is 0 Å². The largest absolute Gasteiger partial charge is 0.496 e. The molecule has 0 radical (unpaired) electrons. The highest BCUT2D eigenvalue weighted by Crippen LogP contribution is 2.45. The molecule has 0 saturated carbocycles. The molecule has 0 bridgehead atoms. The zero-order valence-corrected chi connectivity index (χ0v) is 15.1. The van der Waals surface area contributed by atoms with Crippen molar-refractivity contribution >= 4 is 11.7 Å². The Morgan fingerprint density at radius 2 is 1.72 bits per heavy atom. The Kier molecular flexibility index (Phi) is 4.57. The van der Waals surface area contributed by atoms with Crippen molar-refractivity contribution in [2.45, 2.75) is 32.2 Å². The van der Waals surface area contributed by atoms with Gasteiger partial charge >= 0.3 is 0 Å². The second kappa shape index (κ2) is 6.66. The summed E-state index contributed by atoms with van der Waals surface area (Å²) in [5.41, 5.74) is 1.85. The fourth-order valence-corrected chi connectivity index (χ4v) is 3.23. The third-order valence-electron chi connectivity index (χ3n) is 4.45. The summed E-state index contributed by atoms with van der Waals surface area (Å²) in [4.78, 5) is 12.3. The minimum absolute atomic E-state index is 0.0447. The molecule has 2 heterocycles. The summed E-state index contributed by atoms with van der Waals surface area (Å²) in [5, 5.41) is 7.39. The number of carbonyl (C=O) groups is 1. The number of nitrogens with one attached hydrogen (secondary N) is 1. The van der Waals surface area contributed by atoms with E-state index >= 15 is 0 Å². The van der Waals surface area contributed by atoms with E-state index in [4.69, 9.17) is 14.2 Å². The van der Waals surface area contributed by atoms with Crippen LogP contribution in [0.25, 0.3) is 0 Å². The predicted octanol–water partition coefficient (Wildman–Crippen LogP) is 2.96. The number of hydrogen-bond donors (Lipinski definition) is 1. The molecular formula is C18H23N3O4. The van der Waals surface area contributed by atoms with Crippen molar-refractivity contribution in [3.63, 3.8) is 0 Å². The molecule has 7 nitrogen and oxygen atoms in total. The number of hydrogen-bond acceptors (Lipinski definition) is 5. The molecule has 134 valence electrons. The van der Waals surface area contributed by atoms with Crippen molar-refractivity contribution < 1.29 is 19.0 Å². The molecule has 2 aromatic rings. The molecule has 25 heavy (non-hydrogen) atoms. The Morgan fingerprint density at radius 3 is 2.32 bits per heavy atom. The summed E-state index contributed by atoms with van der Waals surface area (Å²) in [5.74, 6) is 2.37. The van der Waals surface area contributed by atoms with E-state index in [0.717, 1.165) is 16.9 Å². The van der Waals surface area contributed by atoms with Gasteiger partial charge in [-0.3, -0.25) is 4.79 Å². The van der Waals surface area contributed by atoms with Crippen molar-refractivity contribution in [2.75, 3.05) is 26.6 Å². The van der Waals surface area contributed by atoms with Gasteiger partial charge in [0.1, 0.15) is 11.6 Å². The average molecular weight is 345 g/mol. The summed E-state index contributed by atoms with van der Waals surface area (Å²) < 4.78 is 18.1. The number of amides is 1. The minimum Gasteiger partial charge on any atom is -0.496 e. The first-order valence-corrected chi connectivity index (χ1v) is 8.17. The second-order valence-electron chi connectivity index (χ2n) is 6.24. The van der Waals surface area contributed by atoms with Crippen molar-refractivity contribution in [2.24, 2.45) is 0 Å². The molecule has 1 aliphatic rings. The molecule has 0 unspecified atom stereocenters. The number of fused-ring (bicyclic) bond motifs is 1. The third kappa shape index (κ3) is 2.90. The van der Waals surface area contributed by atoms with Crippen LogP contribution in [0.3, 0.4) is 0 Å². The first-order valence-electron chi connectivity index (χ1n) is 8.17. The summed E-state index contributed by atoms with van der Waals surface area (Å²) in [6.45, 7) is 4.06. The lowest BCUT2D eigenvalue weighted by Gasteiger charge is -2.26. The lowest BCUT2D eigenvalue weighted by molar-refractivity contribution is -0.116. The van der Waals surface area contributed by atoms with Crippen molar-refractivity contribution in [1.82, 2.24) is 9.78 Å². The summed E-state index contributed by atoms with van der Waals surface area (Å²) in [6, 6.07) is 3.81. The zero-order chi connectivity index (χ0) is 18.1. The molecule has 1 aromatic heterocycles. The highest BCUT2D eigenvalue weighted by atomic mass is 16.5. The fraction of sp³-hybridized carbons (Fsp3) is 0.444. The van der Waals surface area contributed by atoms with E-state index in [9.17, 15) is 4.79 Å². The van der Waals surface area contributed by atoms with Gasteiger partial charge < -0.3 is 19.5 Å². The van der Waals surface area contributed by atoms with E-state index in [1.54, 1.807) is 27.4 Å². The Morgan fingerprint density at radius 1 is 1.08 bits per heavy atom. The summed E-state index contributed by atoms with van der Waals surface area (Å²) in [7, 11) is 4.77. The van der Waals surface area contributed by atoms with Gasteiger partial charge in [-0.25, -0.2) is 4.68 Å². The second-order valence-corrected chi connectivity index (χ2v) is 6.24. The highest BCUT2D eigenvalue weighted by Gasteiger charge is 2.33. The van der Waals surface area contributed by atoms with Gasteiger partial charge in [0.2, 0.25) is 5.91 Å². The number of ether oxygens (including phenoxy) is 3. The monoisotopic (exact) mass is 345 g/mol. The van der Waals surface area contributed by atoms with Crippen LogP contribution < -0.4 is 19.5 Å². The van der Waals surface area contributed by atoms with Crippen LogP contribution in [0, 0.1) is 0 Å². The Labute approximate surface area is 146 Å². The Balaban J connectivity index is 2.16. The fourth-order valence-electron chi connectivity index (χ4n) is 3.23. The summed E-state index contributed by atoms with van der Waals surface area (Å²) in [6.07, 6.45) is 2.14. The predicted molar refractivity (Wildman–Crippen MR) is 93.8 cm³/mol. The van der Waals surface area contributed by atoms with Crippen LogP contribution in [0.1, 0.15) is 43.4 Å². The van der Waals surface area contributed by atoms with E-state index < -0.39 is 0 Å². The average Bonchev–Trinajstić information content (AvgIpc) is 3.03. The molecule has 0 aliphatic carbocycles. The minimum atomic E-state index is -0.161. The molecule has 1 aromatic carbocycles. The van der Waals surface area contributed by atoms with Crippen LogP contribution in [0.15, 0.2) is 18.3 Å². The first-order chi connectivity index (χ1) is 12.0. The van der Waals surface area contributed by atoms with Crippen LogP contribution in [0.5, 0.6) is 17.2 Å². The van der Waals surface area contributed by atoms with Crippen LogP contribution in [0.2, 0.25) is 0 Å². The molecular weight excluding hydrogens is 322 g/mol. The molecule has 0 spiro atoms. The Hall–Kier alpha value is -2.70. The van der Waals surface area contributed by atoms with Crippen LogP contribution in [0.4, 0.5) is 5.82 Å². The first kappa shape index (κ1) is 17.1. The smallest absolute Gasteiger partial charge is 0.226 e. The van der Waals surface area contributed by atoms with Crippen LogP contribution >= 0.6 is 0 Å². The zero-order valence-electron chi connectivity index (χ0n) is 15.1. The van der Waals surface area contributed by atoms with Gasteiger partial charge in [-0.2, -0.15) is 5.10 Å². The maximum absolute atomic E-state index is 12.3.